The van der Waals surface area contributed by atoms with E-state index in [2.05, 4.69) is 41.4 Å². The Labute approximate surface area is 172 Å². The molecule has 0 fully saturated rings. The first kappa shape index (κ1) is 21.0. The van der Waals surface area contributed by atoms with Gasteiger partial charge < -0.3 is 20.3 Å². The van der Waals surface area contributed by atoms with Gasteiger partial charge in [-0.25, -0.2) is 4.98 Å². The Morgan fingerprint density at radius 3 is 2.55 bits per heavy atom. The number of anilines is 2. The van der Waals surface area contributed by atoms with E-state index < -0.39 is 0 Å². The van der Waals surface area contributed by atoms with Crippen molar-refractivity contribution in [2.75, 3.05) is 23.8 Å². The molecule has 3 N–H and O–H groups in total. The van der Waals surface area contributed by atoms with Crippen molar-refractivity contribution in [3.05, 3.63) is 42.2 Å². The number of aromatic nitrogens is 4. The molecule has 0 aliphatic rings. The molecule has 0 aliphatic heterocycles. The summed E-state index contributed by atoms with van der Waals surface area (Å²) in [5, 5.41) is 16.7. The van der Waals surface area contributed by atoms with Crippen molar-refractivity contribution in [2.24, 2.45) is 0 Å². The third kappa shape index (κ3) is 5.23. The summed E-state index contributed by atoms with van der Waals surface area (Å²) in [6.07, 6.45) is 6.54. The monoisotopic (exact) mass is 396 g/mol. The second kappa shape index (κ2) is 10.2. The zero-order chi connectivity index (χ0) is 20.6. The molecule has 1 aromatic carbocycles. The van der Waals surface area contributed by atoms with Gasteiger partial charge in [-0.05, 0) is 25.8 Å². The number of hydrogen-bond donors (Lipinski definition) is 3. The standard InChI is InChI=1S/C22H32N6O/c1-4-5-6-10-13-23-22-26-20(19-21(27-22)28(15-24-19)16(2)3)25-18(14-29)17-11-8-7-9-12-17/h7-9,11-12,15-16,18,29H,4-6,10,13-14H2,1-3H3,(H2,23,25,26,27). The van der Waals surface area contributed by atoms with E-state index in [9.17, 15) is 5.11 Å². The maximum Gasteiger partial charge on any atom is 0.226 e. The molecule has 7 heteroatoms. The predicted molar refractivity (Wildman–Crippen MR) is 118 cm³/mol. The number of aliphatic hydroxyl groups excluding tert-OH is 1. The lowest BCUT2D eigenvalue weighted by Gasteiger charge is -2.18. The fraction of sp³-hybridized carbons (Fsp3) is 0.500. The second-order valence-electron chi connectivity index (χ2n) is 7.59. The Bertz CT molecular complexity index is 893. The first-order valence-corrected chi connectivity index (χ1v) is 10.5. The molecule has 3 aromatic rings. The number of fused-ring (bicyclic) bond motifs is 1. The summed E-state index contributed by atoms with van der Waals surface area (Å²) in [5.74, 6) is 1.22. The van der Waals surface area contributed by atoms with E-state index in [1.54, 1.807) is 6.33 Å². The van der Waals surface area contributed by atoms with Gasteiger partial charge in [0.05, 0.1) is 19.0 Å². The van der Waals surface area contributed by atoms with E-state index in [0.717, 1.165) is 24.2 Å². The highest BCUT2D eigenvalue weighted by atomic mass is 16.3. The zero-order valence-corrected chi connectivity index (χ0v) is 17.6. The molecule has 2 heterocycles. The number of imidazole rings is 1. The van der Waals surface area contributed by atoms with Crippen LogP contribution in [0.3, 0.4) is 0 Å². The van der Waals surface area contributed by atoms with Crippen molar-refractivity contribution in [3.63, 3.8) is 0 Å². The molecule has 2 aromatic heterocycles. The molecule has 0 spiro atoms. The summed E-state index contributed by atoms with van der Waals surface area (Å²) in [5.41, 5.74) is 2.50. The number of rotatable bonds is 11. The molecular weight excluding hydrogens is 364 g/mol. The third-order valence-electron chi connectivity index (χ3n) is 4.99. The van der Waals surface area contributed by atoms with Crippen LogP contribution in [0.25, 0.3) is 11.2 Å². The Kier molecular flexibility index (Phi) is 7.41. The third-order valence-corrected chi connectivity index (χ3v) is 4.99. The fourth-order valence-corrected chi connectivity index (χ4v) is 3.31. The van der Waals surface area contributed by atoms with Crippen LogP contribution < -0.4 is 10.6 Å². The van der Waals surface area contributed by atoms with Crippen molar-refractivity contribution < 1.29 is 5.11 Å². The number of unbranched alkanes of at least 4 members (excludes halogenated alkanes) is 3. The minimum absolute atomic E-state index is 0.0415. The van der Waals surface area contributed by atoms with Gasteiger partial charge in [-0.1, -0.05) is 56.5 Å². The van der Waals surface area contributed by atoms with Gasteiger partial charge in [0, 0.05) is 12.6 Å². The van der Waals surface area contributed by atoms with Crippen LogP contribution in [0.5, 0.6) is 0 Å². The number of hydrogen-bond acceptors (Lipinski definition) is 6. The number of aliphatic hydroxyl groups is 1. The molecule has 0 amide bonds. The van der Waals surface area contributed by atoms with Gasteiger partial charge in [-0.3, -0.25) is 0 Å². The van der Waals surface area contributed by atoms with Gasteiger partial charge in [0.25, 0.3) is 0 Å². The largest absolute Gasteiger partial charge is 0.394 e. The minimum Gasteiger partial charge on any atom is -0.394 e. The lowest BCUT2D eigenvalue weighted by Crippen LogP contribution is -2.17. The Morgan fingerprint density at radius 2 is 1.86 bits per heavy atom. The molecule has 1 atom stereocenters. The van der Waals surface area contributed by atoms with Crippen molar-refractivity contribution in [2.45, 2.75) is 58.5 Å². The topological polar surface area (TPSA) is 87.9 Å². The van der Waals surface area contributed by atoms with Gasteiger partial charge in [0.1, 0.15) is 0 Å². The first-order chi connectivity index (χ1) is 14.1. The van der Waals surface area contributed by atoms with Gasteiger partial charge in [0.2, 0.25) is 5.95 Å². The van der Waals surface area contributed by atoms with Crippen LogP contribution in [0.15, 0.2) is 36.7 Å². The van der Waals surface area contributed by atoms with Crippen LogP contribution in [-0.4, -0.2) is 37.8 Å². The van der Waals surface area contributed by atoms with E-state index in [1.165, 1.54) is 19.3 Å². The first-order valence-electron chi connectivity index (χ1n) is 10.5. The Morgan fingerprint density at radius 1 is 1.07 bits per heavy atom. The van der Waals surface area contributed by atoms with Crippen LogP contribution in [0, 0.1) is 0 Å². The molecular formula is C22H32N6O. The van der Waals surface area contributed by atoms with E-state index in [4.69, 9.17) is 4.98 Å². The van der Waals surface area contributed by atoms with Gasteiger partial charge in [-0.15, -0.1) is 0 Å². The quantitative estimate of drug-likeness (QED) is 0.412. The Hall–Kier alpha value is -2.67. The average molecular weight is 397 g/mol. The van der Waals surface area contributed by atoms with Gasteiger partial charge >= 0.3 is 0 Å². The van der Waals surface area contributed by atoms with Crippen LogP contribution in [-0.2, 0) is 0 Å². The maximum absolute atomic E-state index is 9.95. The summed E-state index contributed by atoms with van der Waals surface area (Å²) in [7, 11) is 0. The maximum atomic E-state index is 9.95. The average Bonchev–Trinajstić information content (AvgIpc) is 3.17. The van der Waals surface area contributed by atoms with E-state index in [1.807, 2.05) is 34.9 Å². The highest BCUT2D eigenvalue weighted by molar-refractivity contribution is 5.84. The smallest absolute Gasteiger partial charge is 0.226 e. The zero-order valence-electron chi connectivity index (χ0n) is 17.6. The molecule has 1 unspecified atom stereocenters. The summed E-state index contributed by atoms with van der Waals surface area (Å²) >= 11 is 0. The molecule has 0 saturated carbocycles. The highest BCUT2D eigenvalue weighted by Gasteiger charge is 2.18. The molecule has 3 rings (SSSR count). The van der Waals surface area contributed by atoms with Crippen molar-refractivity contribution in [1.82, 2.24) is 19.5 Å². The molecule has 29 heavy (non-hydrogen) atoms. The summed E-state index contributed by atoms with van der Waals surface area (Å²) in [6, 6.07) is 9.85. The number of benzene rings is 1. The number of nitrogens with one attached hydrogen (secondary N) is 2. The van der Waals surface area contributed by atoms with Crippen LogP contribution in [0.2, 0.25) is 0 Å². The van der Waals surface area contributed by atoms with Crippen molar-refractivity contribution >= 4 is 22.9 Å². The summed E-state index contributed by atoms with van der Waals surface area (Å²) in [6.45, 7) is 7.21. The van der Waals surface area contributed by atoms with E-state index in [-0.39, 0.29) is 18.7 Å². The predicted octanol–water partition coefficient (Wildman–Crippen LogP) is 4.54. The molecule has 0 bridgehead atoms. The minimum atomic E-state index is -0.268. The molecule has 0 radical (unpaired) electrons. The lowest BCUT2D eigenvalue weighted by atomic mass is 10.1. The van der Waals surface area contributed by atoms with E-state index >= 15 is 0 Å². The summed E-state index contributed by atoms with van der Waals surface area (Å²) < 4.78 is 2.04. The molecule has 0 saturated heterocycles. The molecule has 0 aliphatic carbocycles. The summed E-state index contributed by atoms with van der Waals surface area (Å²) in [4.78, 5) is 13.9. The van der Waals surface area contributed by atoms with Crippen molar-refractivity contribution in [1.29, 1.82) is 0 Å². The van der Waals surface area contributed by atoms with Crippen molar-refractivity contribution in [3.8, 4) is 0 Å². The SMILES string of the molecule is CCCCCCNc1nc(NC(CO)c2ccccc2)c2ncn(C(C)C)c2n1. The second-order valence-corrected chi connectivity index (χ2v) is 7.59. The Balaban J connectivity index is 1.89. The molecule has 7 nitrogen and oxygen atoms in total. The highest BCUT2D eigenvalue weighted by Crippen LogP contribution is 2.26. The van der Waals surface area contributed by atoms with E-state index in [0.29, 0.717) is 17.3 Å². The van der Waals surface area contributed by atoms with Gasteiger partial charge in [0.15, 0.2) is 17.0 Å². The lowest BCUT2D eigenvalue weighted by molar-refractivity contribution is 0.276. The normalized spacial score (nSPS) is 12.4. The fourth-order valence-electron chi connectivity index (χ4n) is 3.31. The van der Waals surface area contributed by atoms with Gasteiger partial charge in [-0.2, -0.15) is 9.97 Å². The molecule has 156 valence electrons. The number of nitrogens with zero attached hydrogens (tertiary/aromatic N) is 4. The van der Waals surface area contributed by atoms with Crippen LogP contribution >= 0.6 is 0 Å². The van der Waals surface area contributed by atoms with Crippen LogP contribution in [0.4, 0.5) is 11.8 Å². The van der Waals surface area contributed by atoms with Crippen LogP contribution in [0.1, 0.15) is 64.1 Å².